The van der Waals surface area contributed by atoms with Crippen molar-refractivity contribution < 1.29 is 8.42 Å². The van der Waals surface area contributed by atoms with Crippen LogP contribution in [-0.2, 0) is 9.84 Å². The average molecular weight is 162 g/mol. The summed E-state index contributed by atoms with van der Waals surface area (Å²) in [6.45, 7) is 5.81. The van der Waals surface area contributed by atoms with Gasteiger partial charge in [0, 0.05) is 0 Å². The van der Waals surface area contributed by atoms with E-state index in [1.54, 1.807) is 6.92 Å². The Morgan fingerprint density at radius 2 is 1.90 bits per heavy atom. The van der Waals surface area contributed by atoms with Gasteiger partial charge >= 0.3 is 0 Å². The second-order valence-corrected chi connectivity index (χ2v) is 6.41. The molecule has 0 N–H and O–H groups in total. The maximum Gasteiger partial charge on any atom is 0.153 e. The monoisotopic (exact) mass is 162 g/mol. The number of hydrogen-bond acceptors (Lipinski definition) is 2. The van der Waals surface area contributed by atoms with Crippen LogP contribution in [0.2, 0.25) is 0 Å². The highest BCUT2D eigenvalue weighted by atomic mass is 32.2. The second-order valence-electron chi connectivity index (χ2n) is 3.99. The molecule has 0 aromatic carbocycles. The molecule has 1 unspecified atom stereocenters. The average Bonchev–Trinajstić information content (AvgIpc) is 1.73. The summed E-state index contributed by atoms with van der Waals surface area (Å²) in [5, 5.41) is -0.123. The van der Waals surface area contributed by atoms with E-state index >= 15 is 0 Å². The zero-order chi connectivity index (χ0) is 7.99. The standard InChI is InChI=1S/C7H14O2S/c1-6-4-7(2,3)5-10(6,8)9/h6H,4-5H2,1-3H3. The Labute approximate surface area is 62.5 Å². The lowest BCUT2D eigenvalue weighted by molar-refractivity contribution is 0.409. The first kappa shape index (κ1) is 8.05. The molecule has 10 heavy (non-hydrogen) atoms. The molecule has 1 atom stereocenters. The molecule has 1 fully saturated rings. The van der Waals surface area contributed by atoms with Crippen LogP contribution >= 0.6 is 0 Å². The third kappa shape index (κ3) is 1.34. The molecular formula is C7H14O2S. The van der Waals surface area contributed by atoms with Crippen LogP contribution in [0, 0.1) is 5.41 Å². The largest absolute Gasteiger partial charge is 0.229 e. The van der Waals surface area contributed by atoms with Crippen molar-refractivity contribution in [2.24, 2.45) is 5.41 Å². The van der Waals surface area contributed by atoms with Crippen molar-refractivity contribution in [2.75, 3.05) is 5.75 Å². The molecule has 0 amide bonds. The molecule has 0 aromatic rings. The van der Waals surface area contributed by atoms with Crippen molar-refractivity contribution in [1.82, 2.24) is 0 Å². The van der Waals surface area contributed by atoms with Crippen LogP contribution < -0.4 is 0 Å². The quantitative estimate of drug-likeness (QED) is 0.536. The van der Waals surface area contributed by atoms with E-state index < -0.39 is 9.84 Å². The highest BCUT2D eigenvalue weighted by molar-refractivity contribution is 7.92. The van der Waals surface area contributed by atoms with Gasteiger partial charge in [0.25, 0.3) is 0 Å². The van der Waals surface area contributed by atoms with E-state index in [2.05, 4.69) is 0 Å². The molecule has 0 aliphatic carbocycles. The summed E-state index contributed by atoms with van der Waals surface area (Å²) in [6.07, 6.45) is 0.815. The minimum absolute atomic E-state index is 0.0122. The lowest BCUT2D eigenvalue weighted by atomic mass is 9.91. The van der Waals surface area contributed by atoms with E-state index in [1.807, 2.05) is 13.8 Å². The fraction of sp³-hybridized carbons (Fsp3) is 1.00. The lowest BCUT2D eigenvalue weighted by Gasteiger charge is -2.12. The summed E-state index contributed by atoms with van der Waals surface area (Å²) in [5.41, 5.74) is 0.0122. The van der Waals surface area contributed by atoms with E-state index in [-0.39, 0.29) is 10.7 Å². The van der Waals surface area contributed by atoms with Crippen LogP contribution in [0.15, 0.2) is 0 Å². The van der Waals surface area contributed by atoms with Gasteiger partial charge in [0.05, 0.1) is 11.0 Å². The van der Waals surface area contributed by atoms with Crippen LogP contribution in [0.25, 0.3) is 0 Å². The van der Waals surface area contributed by atoms with Crippen molar-refractivity contribution >= 4 is 9.84 Å². The van der Waals surface area contributed by atoms with Crippen molar-refractivity contribution in [1.29, 1.82) is 0 Å². The molecule has 1 saturated heterocycles. The van der Waals surface area contributed by atoms with Gasteiger partial charge in [-0.15, -0.1) is 0 Å². The molecule has 0 saturated carbocycles. The van der Waals surface area contributed by atoms with Gasteiger partial charge in [0.2, 0.25) is 0 Å². The maximum absolute atomic E-state index is 11.2. The maximum atomic E-state index is 11.2. The Morgan fingerprint density at radius 3 is 2.00 bits per heavy atom. The fourth-order valence-corrected chi connectivity index (χ4v) is 3.85. The Balaban J connectivity index is 2.92. The van der Waals surface area contributed by atoms with Gasteiger partial charge in [0.15, 0.2) is 9.84 Å². The summed E-state index contributed by atoms with van der Waals surface area (Å²) in [5.74, 6) is 0.362. The topological polar surface area (TPSA) is 34.1 Å². The third-order valence-electron chi connectivity index (χ3n) is 2.05. The summed E-state index contributed by atoms with van der Waals surface area (Å²) < 4.78 is 22.4. The van der Waals surface area contributed by atoms with E-state index in [0.29, 0.717) is 5.75 Å². The summed E-state index contributed by atoms with van der Waals surface area (Å²) in [6, 6.07) is 0. The van der Waals surface area contributed by atoms with E-state index in [9.17, 15) is 8.42 Å². The molecule has 0 aromatic heterocycles. The molecule has 0 spiro atoms. The summed E-state index contributed by atoms with van der Waals surface area (Å²) in [7, 11) is -2.73. The molecule has 1 aliphatic heterocycles. The number of hydrogen-bond donors (Lipinski definition) is 0. The molecule has 0 bridgehead atoms. The smallest absolute Gasteiger partial charge is 0.153 e. The molecule has 1 rings (SSSR count). The molecule has 60 valence electrons. The minimum atomic E-state index is -2.73. The summed E-state index contributed by atoms with van der Waals surface area (Å²) >= 11 is 0. The van der Waals surface area contributed by atoms with Gasteiger partial charge in [-0.25, -0.2) is 8.42 Å². The van der Waals surface area contributed by atoms with Crippen LogP contribution in [0.5, 0.6) is 0 Å². The number of sulfone groups is 1. The predicted octanol–water partition coefficient (Wildman–Crippen LogP) is 1.22. The minimum Gasteiger partial charge on any atom is -0.229 e. The highest BCUT2D eigenvalue weighted by Gasteiger charge is 2.40. The molecule has 3 heteroatoms. The first-order valence-electron chi connectivity index (χ1n) is 3.55. The van der Waals surface area contributed by atoms with Crippen molar-refractivity contribution in [2.45, 2.75) is 32.4 Å². The van der Waals surface area contributed by atoms with E-state index in [1.165, 1.54) is 0 Å². The number of rotatable bonds is 0. The zero-order valence-electron chi connectivity index (χ0n) is 6.72. The molecule has 0 radical (unpaired) electrons. The molecular weight excluding hydrogens is 148 g/mol. The Morgan fingerprint density at radius 1 is 1.40 bits per heavy atom. The summed E-state index contributed by atoms with van der Waals surface area (Å²) in [4.78, 5) is 0. The lowest BCUT2D eigenvalue weighted by Crippen LogP contribution is -2.13. The normalized spacial score (nSPS) is 36.1. The van der Waals surface area contributed by atoms with E-state index in [4.69, 9.17) is 0 Å². The van der Waals surface area contributed by atoms with Gasteiger partial charge in [-0.2, -0.15) is 0 Å². The second kappa shape index (κ2) is 1.97. The Hall–Kier alpha value is -0.0500. The third-order valence-corrected chi connectivity index (χ3v) is 4.62. The van der Waals surface area contributed by atoms with Gasteiger partial charge in [-0.3, -0.25) is 0 Å². The van der Waals surface area contributed by atoms with Gasteiger partial charge in [0.1, 0.15) is 0 Å². The van der Waals surface area contributed by atoms with Crippen LogP contribution in [-0.4, -0.2) is 19.4 Å². The van der Waals surface area contributed by atoms with Gasteiger partial charge < -0.3 is 0 Å². The van der Waals surface area contributed by atoms with Crippen LogP contribution in [0.3, 0.4) is 0 Å². The molecule has 1 aliphatic rings. The van der Waals surface area contributed by atoms with Crippen molar-refractivity contribution in [3.05, 3.63) is 0 Å². The van der Waals surface area contributed by atoms with Crippen LogP contribution in [0.1, 0.15) is 27.2 Å². The highest BCUT2D eigenvalue weighted by Crippen LogP contribution is 2.35. The van der Waals surface area contributed by atoms with Crippen molar-refractivity contribution in [3.63, 3.8) is 0 Å². The zero-order valence-corrected chi connectivity index (χ0v) is 7.53. The first-order chi connectivity index (χ1) is 4.33. The molecule has 2 nitrogen and oxygen atoms in total. The molecule has 1 heterocycles. The van der Waals surface area contributed by atoms with Crippen LogP contribution in [0.4, 0.5) is 0 Å². The van der Waals surface area contributed by atoms with Gasteiger partial charge in [-0.1, -0.05) is 13.8 Å². The van der Waals surface area contributed by atoms with E-state index in [0.717, 1.165) is 6.42 Å². The first-order valence-corrected chi connectivity index (χ1v) is 5.27. The fourth-order valence-electron chi connectivity index (χ4n) is 1.65. The Bertz CT molecular complexity index is 226. The Kier molecular flexibility index (Phi) is 1.59. The van der Waals surface area contributed by atoms with Crippen molar-refractivity contribution in [3.8, 4) is 0 Å². The predicted molar refractivity (Wildman–Crippen MR) is 41.6 cm³/mol. The SMILES string of the molecule is CC1CC(C)(C)CS1(=O)=O. The van der Waals surface area contributed by atoms with Gasteiger partial charge in [-0.05, 0) is 18.8 Å².